The molecule has 0 aromatic carbocycles. The summed E-state index contributed by atoms with van der Waals surface area (Å²) in [6.07, 6.45) is 0.167. The van der Waals surface area contributed by atoms with Crippen LogP contribution in [0.3, 0.4) is 0 Å². The van der Waals surface area contributed by atoms with E-state index in [2.05, 4.69) is 5.32 Å². The molecule has 0 aromatic heterocycles. The maximum Gasteiger partial charge on any atom is 0.330 e. The van der Waals surface area contributed by atoms with Gasteiger partial charge in [0.25, 0.3) is 0 Å². The van der Waals surface area contributed by atoms with E-state index >= 15 is 0 Å². The molecule has 3 atom stereocenters. The number of nitrogens with one attached hydrogen (secondary N) is 1. The summed E-state index contributed by atoms with van der Waals surface area (Å²) in [6, 6.07) is 0. The van der Waals surface area contributed by atoms with Gasteiger partial charge in [-0.25, -0.2) is 4.79 Å². The van der Waals surface area contributed by atoms with Crippen molar-refractivity contribution in [2.45, 2.75) is 45.3 Å². The fraction of sp³-hybridized carbons (Fsp3) is 0.800. The lowest BCUT2D eigenvalue weighted by molar-refractivity contribution is -0.195. The molecule has 2 fully saturated rings. The number of ether oxygens (including phenoxy) is 1. The van der Waals surface area contributed by atoms with Crippen molar-refractivity contribution in [3.8, 4) is 0 Å². The minimum Gasteiger partial charge on any atom is -0.479 e. The molecule has 2 rings (SSSR count). The summed E-state index contributed by atoms with van der Waals surface area (Å²) in [4.78, 5) is 37.2. The van der Waals surface area contributed by atoms with E-state index < -0.39 is 22.8 Å². The number of likely N-dealkylation sites (tertiary alicyclic amines) is 1. The second-order valence-corrected chi connectivity index (χ2v) is 6.74. The number of carboxylic acids is 1. The molecule has 22 heavy (non-hydrogen) atoms. The number of rotatable bonds is 5. The topological polar surface area (TPSA) is 95.9 Å². The first-order chi connectivity index (χ1) is 10.2. The van der Waals surface area contributed by atoms with Crippen LogP contribution in [-0.4, -0.2) is 59.6 Å². The third-order valence-corrected chi connectivity index (χ3v) is 5.18. The summed E-state index contributed by atoms with van der Waals surface area (Å²) in [5.41, 5.74) is -2.05. The first-order valence-electron chi connectivity index (χ1n) is 7.56. The Morgan fingerprint density at radius 2 is 2.09 bits per heavy atom. The molecule has 1 saturated carbocycles. The van der Waals surface area contributed by atoms with Crippen molar-refractivity contribution in [2.24, 2.45) is 11.3 Å². The van der Waals surface area contributed by atoms with Crippen molar-refractivity contribution in [1.82, 2.24) is 10.2 Å². The van der Waals surface area contributed by atoms with Crippen molar-refractivity contribution in [3.05, 3.63) is 0 Å². The number of aliphatic carboxylic acids is 1. The average Bonchev–Trinajstić information content (AvgIpc) is 2.76. The molecule has 1 aliphatic heterocycles. The van der Waals surface area contributed by atoms with Gasteiger partial charge in [0.2, 0.25) is 11.8 Å². The van der Waals surface area contributed by atoms with E-state index in [1.807, 2.05) is 6.92 Å². The van der Waals surface area contributed by atoms with E-state index in [1.54, 1.807) is 20.9 Å². The van der Waals surface area contributed by atoms with E-state index in [0.29, 0.717) is 13.2 Å². The lowest BCUT2D eigenvalue weighted by Crippen LogP contribution is -2.76. The number of carbonyl (C=O) groups excluding carboxylic acids is 2. The molecular weight excluding hydrogens is 288 g/mol. The van der Waals surface area contributed by atoms with Gasteiger partial charge < -0.3 is 20.1 Å². The van der Waals surface area contributed by atoms with E-state index in [-0.39, 0.29) is 30.8 Å². The zero-order chi connectivity index (χ0) is 16.7. The van der Waals surface area contributed by atoms with E-state index in [1.165, 1.54) is 4.90 Å². The first-order valence-corrected chi connectivity index (χ1v) is 7.56. The number of carboxylic acid groups (broad SMARTS) is 1. The van der Waals surface area contributed by atoms with Gasteiger partial charge in [0.1, 0.15) is 5.54 Å². The molecule has 1 heterocycles. The average molecular weight is 312 g/mol. The van der Waals surface area contributed by atoms with Crippen LogP contribution in [0.15, 0.2) is 0 Å². The minimum absolute atomic E-state index is 0.0930. The van der Waals surface area contributed by atoms with Crippen molar-refractivity contribution in [2.75, 3.05) is 20.2 Å². The SMILES string of the molecule is CCOC1CC(NC(=O)C2CC(=O)N(C)C2)(C(=O)O)C1(C)C. The van der Waals surface area contributed by atoms with Crippen LogP contribution >= 0.6 is 0 Å². The van der Waals surface area contributed by atoms with Crippen LogP contribution in [0.25, 0.3) is 0 Å². The monoisotopic (exact) mass is 312 g/mol. The summed E-state index contributed by atoms with van der Waals surface area (Å²) in [7, 11) is 1.64. The lowest BCUT2D eigenvalue weighted by Gasteiger charge is -2.58. The first kappa shape index (κ1) is 16.7. The van der Waals surface area contributed by atoms with Crippen LogP contribution in [-0.2, 0) is 19.1 Å². The highest BCUT2D eigenvalue weighted by Crippen LogP contribution is 2.51. The third-order valence-electron chi connectivity index (χ3n) is 5.18. The fourth-order valence-corrected chi connectivity index (χ4v) is 3.39. The number of hydrogen-bond donors (Lipinski definition) is 2. The van der Waals surface area contributed by atoms with Gasteiger partial charge in [-0.2, -0.15) is 0 Å². The number of carbonyl (C=O) groups is 3. The third kappa shape index (κ3) is 2.37. The minimum atomic E-state index is -1.34. The van der Waals surface area contributed by atoms with Gasteiger partial charge >= 0.3 is 5.97 Å². The summed E-state index contributed by atoms with van der Waals surface area (Å²) in [5, 5.41) is 12.3. The van der Waals surface area contributed by atoms with Crippen LogP contribution in [0, 0.1) is 11.3 Å². The van der Waals surface area contributed by atoms with Crippen LogP contribution in [0.2, 0.25) is 0 Å². The van der Waals surface area contributed by atoms with Gasteiger partial charge in [-0.05, 0) is 6.92 Å². The molecule has 7 nitrogen and oxygen atoms in total. The van der Waals surface area contributed by atoms with Gasteiger partial charge in [0, 0.05) is 38.5 Å². The molecule has 2 amide bonds. The van der Waals surface area contributed by atoms with Crippen LogP contribution in [0.5, 0.6) is 0 Å². The fourth-order valence-electron chi connectivity index (χ4n) is 3.39. The second-order valence-electron chi connectivity index (χ2n) is 6.74. The lowest BCUT2D eigenvalue weighted by atomic mass is 9.54. The number of amides is 2. The molecule has 0 spiro atoms. The van der Waals surface area contributed by atoms with Crippen molar-refractivity contribution < 1.29 is 24.2 Å². The van der Waals surface area contributed by atoms with Gasteiger partial charge in [0.15, 0.2) is 0 Å². The molecule has 2 aliphatic rings. The highest BCUT2D eigenvalue weighted by Gasteiger charge is 2.66. The largest absolute Gasteiger partial charge is 0.479 e. The van der Waals surface area contributed by atoms with Gasteiger partial charge in [-0.15, -0.1) is 0 Å². The smallest absolute Gasteiger partial charge is 0.330 e. The van der Waals surface area contributed by atoms with Crippen LogP contribution < -0.4 is 5.32 Å². The predicted molar refractivity (Wildman–Crippen MR) is 78.1 cm³/mol. The summed E-state index contributed by atoms with van der Waals surface area (Å²) < 4.78 is 5.56. The molecule has 1 saturated heterocycles. The quantitative estimate of drug-likeness (QED) is 0.758. The van der Waals surface area contributed by atoms with Gasteiger partial charge in [-0.1, -0.05) is 13.8 Å². The number of nitrogens with zero attached hydrogens (tertiary/aromatic N) is 1. The maximum absolute atomic E-state index is 12.4. The molecule has 0 bridgehead atoms. The molecule has 124 valence electrons. The summed E-state index contributed by atoms with van der Waals surface area (Å²) >= 11 is 0. The molecule has 0 radical (unpaired) electrons. The Morgan fingerprint density at radius 1 is 1.45 bits per heavy atom. The van der Waals surface area contributed by atoms with E-state index in [0.717, 1.165) is 0 Å². The van der Waals surface area contributed by atoms with Crippen molar-refractivity contribution in [1.29, 1.82) is 0 Å². The summed E-state index contributed by atoms with van der Waals surface area (Å²) in [5.74, 6) is -2.01. The maximum atomic E-state index is 12.4. The Kier molecular flexibility index (Phi) is 4.21. The van der Waals surface area contributed by atoms with Crippen LogP contribution in [0.1, 0.15) is 33.6 Å². The van der Waals surface area contributed by atoms with E-state index in [4.69, 9.17) is 4.74 Å². The molecule has 2 N–H and O–H groups in total. The highest BCUT2D eigenvalue weighted by molar-refractivity contribution is 5.93. The Hall–Kier alpha value is -1.63. The van der Waals surface area contributed by atoms with Gasteiger partial charge in [0.05, 0.1) is 12.0 Å². The zero-order valence-corrected chi connectivity index (χ0v) is 13.5. The Balaban J connectivity index is 2.13. The Labute approximate surface area is 130 Å². The molecule has 1 aliphatic carbocycles. The zero-order valence-electron chi connectivity index (χ0n) is 13.5. The molecule has 3 unspecified atom stereocenters. The standard InChI is InChI=1S/C15H24N2O5/c1-5-22-10-7-15(13(20)21,14(10,2)3)16-12(19)9-6-11(18)17(4)8-9/h9-10H,5-8H2,1-4H3,(H,16,19)(H,20,21). The predicted octanol–water partition coefficient (Wildman–Crippen LogP) is 0.239. The number of hydrogen-bond acceptors (Lipinski definition) is 4. The molecule has 0 aromatic rings. The molecular formula is C15H24N2O5. The Bertz CT molecular complexity index is 504. The Morgan fingerprint density at radius 3 is 2.50 bits per heavy atom. The van der Waals surface area contributed by atoms with Gasteiger partial charge in [-0.3, -0.25) is 9.59 Å². The van der Waals surface area contributed by atoms with E-state index in [9.17, 15) is 19.5 Å². The van der Waals surface area contributed by atoms with Crippen molar-refractivity contribution >= 4 is 17.8 Å². The molecule has 7 heteroatoms. The second kappa shape index (κ2) is 5.53. The summed E-state index contributed by atoms with van der Waals surface area (Å²) in [6.45, 7) is 6.26. The normalized spacial score (nSPS) is 33.5. The van der Waals surface area contributed by atoms with Crippen LogP contribution in [0.4, 0.5) is 0 Å². The highest BCUT2D eigenvalue weighted by atomic mass is 16.5. The van der Waals surface area contributed by atoms with Crippen molar-refractivity contribution in [3.63, 3.8) is 0 Å².